The summed E-state index contributed by atoms with van der Waals surface area (Å²) < 4.78 is 25.5. The number of hydrogen-bond acceptors (Lipinski definition) is 6. The van der Waals surface area contributed by atoms with E-state index in [1.807, 2.05) is 30.3 Å². The molecule has 2 N–H and O–H groups in total. The molecule has 8 heteroatoms. The summed E-state index contributed by atoms with van der Waals surface area (Å²) in [6, 6.07) is 10.8. The molecule has 7 nitrogen and oxygen atoms in total. The molecule has 1 aromatic heterocycles. The number of nitrogens with zero attached hydrogens (tertiary/aromatic N) is 2. The molecule has 0 amide bonds. The predicted octanol–water partition coefficient (Wildman–Crippen LogP) is 1.23. The summed E-state index contributed by atoms with van der Waals surface area (Å²) in [6.07, 6.45) is -3.77. The molecular formula is C16H18FN3O4. The third-order valence-corrected chi connectivity index (χ3v) is 3.78. The third-order valence-electron chi connectivity index (χ3n) is 3.78. The fourth-order valence-corrected chi connectivity index (χ4v) is 2.57. The highest BCUT2D eigenvalue weighted by molar-refractivity contribution is 5.54. The maximum absolute atomic E-state index is 14.2. The molecule has 128 valence electrons. The van der Waals surface area contributed by atoms with Gasteiger partial charge in [0.05, 0.1) is 6.61 Å². The monoisotopic (exact) mass is 335 g/mol. The first kappa shape index (κ1) is 16.6. The van der Waals surface area contributed by atoms with Gasteiger partial charge < -0.3 is 19.9 Å². The van der Waals surface area contributed by atoms with Crippen LogP contribution in [0.3, 0.4) is 0 Å². The number of anilines is 2. The fourth-order valence-electron chi connectivity index (χ4n) is 2.57. The number of para-hydroxylation sites is 1. The number of nitrogens with one attached hydrogen (secondary N) is 1. The van der Waals surface area contributed by atoms with Gasteiger partial charge in [-0.3, -0.25) is 4.57 Å². The average Bonchev–Trinajstić information content (AvgIpc) is 2.85. The Morgan fingerprint density at radius 2 is 2.12 bits per heavy atom. The summed E-state index contributed by atoms with van der Waals surface area (Å²) in [5.41, 5.74) is 0.104. The predicted molar refractivity (Wildman–Crippen MR) is 84.9 cm³/mol. The molecule has 0 radical (unpaired) electrons. The molecule has 1 aromatic carbocycles. The lowest BCUT2D eigenvalue weighted by atomic mass is 10.1. The van der Waals surface area contributed by atoms with Crippen LogP contribution in [-0.2, 0) is 9.47 Å². The highest BCUT2D eigenvalue weighted by Crippen LogP contribution is 2.31. The van der Waals surface area contributed by atoms with Crippen LogP contribution in [0, 0.1) is 0 Å². The molecule has 4 atom stereocenters. The van der Waals surface area contributed by atoms with Gasteiger partial charge in [0.2, 0.25) is 0 Å². The third kappa shape index (κ3) is 3.30. The second-order valence-electron chi connectivity index (χ2n) is 5.45. The van der Waals surface area contributed by atoms with E-state index >= 15 is 0 Å². The molecule has 0 saturated carbocycles. The number of alkyl halides is 1. The van der Waals surface area contributed by atoms with Crippen molar-refractivity contribution >= 4 is 11.5 Å². The van der Waals surface area contributed by atoms with Gasteiger partial charge in [0.15, 0.2) is 12.4 Å². The summed E-state index contributed by atoms with van der Waals surface area (Å²) in [5.74, 6) is 0.338. The maximum atomic E-state index is 14.2. The summed E-state index contributed by atoms with van der Waals surface area (Å²) in [5, 5.41) is 12.8. The van der Waals surface area contributed by atoms with E-state index in [2.05, 4.69) is 10.3 Å². The molecular weight excluding hydrogens is 317 g/mol. The molecule has 1 aliphatic heterocycles. The van der Waals surface area contributed by atoms with Crippen molar-refractivity contribution in [2.75, 3.05) is 19.0 Å². The molecule has 1 fully saturated rings. The zero-order valence-corrected chi connectivity index (χ0v) is 13.0. The van der Waals surface area contributed by atoms with Crippen LogP contribution in [0.1, 0.15) is 6.23 Å². The van der Waals surface area contributed by atoms with Crippen molar-refractivity contribution in [3.63, 3.8) is 0 Å². The van der Waals surface area contributed by atoms with Crippen molar-refractivity contribution in [2.24, 2.45) is 0 Å². The maximum Gasteiger partial charge on any atom is 0.351 e. The van der Waals surface area contributed by atoms with Crippen molar-refractivity contribution < 1.29 is 19.0 Å². The van der Waals surface area contributed by atoms with E-state index in [9.17, 15) is 14.3 Å². The number of halogens is 1. The second-order valence-corrected chi connectivity index (χ2v) is 5.45. The Morgan fingerprint density at radius 3 is 2.79 bits per heavy atom. The lowest BCUT2D eigenvalue weighted by Gasteiger charge is -2.16. The Hall–Kier alpha value is -2.29. The van der Waals surface area contributed by atoms with Crippen LogP contribution in [0.5, 0.6) is 0 Å². The second kappa shape index (κ2) is 7.08. The number of methoxy groups -OCH3 is 1. The smallest absolute Gasteiger partial charge is 0.351 e. The van der Waals surface area contributed by atoms with Crippen LogP contribution in [0.2, 0.25) is 0 Å². The van der Waals surface area contributed by atoms with Crippen molar-refractivity contribution in [2.45, 2.75) is 24.6 Å². The first-order chi connectivity index (χ1) is 11.6. The van der Waals surface area contributed by atoms with Crippen LogP contribution in [0.25, 0.3) is 0 Å². The van der Waals surface area contributed by atoms with Gasteiger partial charge in [-0.15, -0.1) is 0 Å². The topological polar surface area (TPSA) is 85.6 Å². The van der Waals surface area contributed by atoms with Crippen molar-refractivity contribution in [1.82, 2.24) is 9.55 Å². The standard InChI is InChI=1S/C16H18FN3O4/c1-23-9-11-14(21)13(17)15(24-11)20-8-7-12(19-16(20)22)18-10-5-3-2-4-6-10/h2-8,11,13-15,21H,9H2,1H3,(H,18,19,22)/t11-,13+,14?,15-/m1/s1. The number of aromatic nitrogens is 2. The highest BCUT2D eigenvalue weighted by atomic mass is 19.1. The van der Waals surface area contributed by atoms with E-state index in [0.717, 1.165) is 10.3 Å². The lowest BCUT2D eigenvalue weighted by Crippen LogP contribution is -2.33. The van der Waals surface area contributed by atoms with E-state index in [1.54, 1.807) is 6.07 Å². The van der Waals surface area contributed by atoms with Gasteiger partial charge in [-0.1, -0.05) is 18.2 Å². The van der Waals surface area contributed by atoms with Crippen LogP contribution in [-0.4, -0.2) is 46.8 Å². The number of ether oxygens (including phenoxy) is 2. The molecule has 3 rings (SSSR count). The van der Waals surface area contributed by atoms with Crippen molar-refractivity contribution in [3.8, 4) is 0 Å². The number of hydrogen-bond donors (Lipinski definition) is 2. The first-order valence-corrected chi connectivity index (χ1v) is 7.48. The molecule has 1 saturated heterocycles. The molecule has 1 unspecified atom stereocenters. The minimum absolute atomic E-state index is 0.0356. The van der Waals surface area contributed by atoms with Gasteiger partial charge in [-0.05, 0) is 18.2 Å². The summed E-state index contributed by atoms with van der Waals surface area (Å²) >= 11 is 0. The summed E-state index contributed by atoms with van der Waals surface area (Å²) in [6.45, 7) is 0.0356. The van der Waals surface area contributed by atoms with Gasteiger partial charge >= 0.3 is 5.69 Å². The molecule has 0 aliphatic carbocycles. The van der Waals surface area contributed by atoms with Gasteiger partial charge in [-0.25, -0.2) is 9.18 Å². The first-order valence-electron chi connectivity index (χ1n) is 7.48. The highest BCUT2D eigenvalue weighted by Gasteiger charge is 2.45. The van der Waals surface area contributed by atoms with Crippen molar-refractivity contribution in [3.05, 3.63) is 53.1 Å². The van der Waals surface area contributed by atoms with Gasteiger partial charge in [0.25, 0.3) is 0 Å². The average molecular weight is 335 g/mol. The lowest BCUT2D eigenvalue weighted by molar-refractivity contribution is -0.0571. The minimum Gasteiger partial charge on any atom is -0.387 e. The number of aliphatic hydroxyl groups excluding tert-OH is 1. The molecule has 0 spiro atoms. The van der Waals surface area contributed by atoms with E-state index in [0.29, 0.717) is 5.82 Å². The van der Waals surface area contributed by atoms with Crippen LogP contribution in [0.15, 0.2) is 47.4 Å². The quantitative estimate of drug-likeness (QED) is 0.855. The Balaban J connectivity index is 1.79. The number of aliphatic hydroxyl groups is 1. The van der Waals surface area contributed by atoms with E-state index in [1.165, 1.54) is 13.3 Å². The van der Waals surface area contributed by atoms with Crippen LogP contribution >= 0.6 is 0 Å². The van der Waals surface area contributed by atoms with Gasteiger partial charge in [0.1, 0.15) is 18.0 Å². The van der Waals surface area contributed by atoms with Gasteiger partial charge in [0, 0.05) is 19.0 Å². The Morgan fingerprint density at radius 1 is 1.38 bits per heavy atom. The van der Waals surface area contributed by atoms with Crippen LogP contribution in [0.4, 0.5) is 15.9 Å². The number of benzene rings is 1. The molecule has 24 heavy (non-hydrogen) atoms. The Kier molecular flexibility index (Phi) is 4.89. The van der Waals surface area contributed by atoms with E-state index in [-0.39, 0.29) is 6.61 Å². The molecule has 2 heterocycles. The fraction of sp³-hybridized carbons (Fsp3) is 0.375. The van der Waals surface area contributed by atoms with E-state index in [4.69, 9.17) is 9.47 Å². The largest absolute Gasteiger partial charge is 0.387 e. The Bertz CT molecular complexity index is 740. The number of rotatable bonds is 5. The minimum atomic E-state index is -1.74. The summed E-state index contributed by atoms with van der Waals surface area (Å²) in [7, 11) is 1.43. The molecule has 1 aliphatic rings. The Labute approximate surface area is 137 Å². The molecule has 2 aromatic rings. The van der Waals surface area contributed by atoms with Crippen molar-refractivity contribution in [1.29, 1.82) is 0 Å². The zero-order valence-electron chi connectivity index (χ0n) is 13.0. The summed E-state index contributed by atoms with van der Waals surface area (Å²) in [4.78, 5) is 16.1. The SMILES string of the molecule is COC[C@H]1O[C@@H](n2ccc(Nc3ccccc3)nc2=O)[C@@H](F)C1O. The van der Waals surface area contributed by atoms with E-state index < -0.39 is 30.3 Å². The zero-order chi connectivity index (χ0) is 17.1. The molecule has 0 bridgehead atoms. The van der Waals surface area contributed by atoms with Crippen LogP contribution < -0.4 is 11.0 Å². The van der Waals surface area contributed by atoms with Gasteiger partial charge in [-0.2, -0.15) is 4.98 Å². The normalized spacial score (nSPS) is 26.5.